The minimum atomic E-state index is -4.54. The second-order valence-electron chi connectivity index (χ2n) is 15.2. The Morgan fingerprint density at radius 3 is 2.31 bits per heavy atom. The average Bonchev–Trinajstić information content (AvgIpc) is 3.87. The fourth-order valence-electron chi connectivity index (χ4n) is 5.91. The minimum absolute atomic E-state index is 0.0810. The fraction of sp³-hybridized carbons (Fsp3) is 0.568. The molecule has 17 nitrogen and oxygen atoms in total. The summed E-state index contributed by atoms with van der Waals surface area (Å²) in [5.41, 5.74) is 5.12. The number of nitrogen functional groups attached to an aromatic ring is 1. The highest BCUT2D eigenvalue weighted by molar-refractivity contribution is 7.52. The van der Waals surface area contributed by atoms with Gasteiger partial charge in [-0.1, -0.05) is 60.6 Å². The molecule has 3 aromatic rings. The lowest BCUT2D eigenvalue weighted by molar-refractivity contribution is -0.173. The van der Waals surface area contributed by atoms with E-state index < -0.39 is 80.2 Å². The van der Waals surface area contributed by atoms with E-state index in [-0.39, 0.29) is 29.3 Å². The topological polar surface area (TPSA) is 225 Å². The van der Waals surface area contributed by atoms with Crippen LogP contribution in [-0.2, 0) is 58.2 Å². The number of carbonyl (C=O) groups excluding carboxylic acids is 3. The van der Waals surface area contributed by atoms with Crippen LogP contribution in [0.2, 0.25) is 0 Å². The lowest BCUT2D eigenvalue weighted by Gasteiger charge is -2.29. The Hall–Kier alpha value is -4.59. The molecule has 55 heavy (non-hydrogen) atoms. The molecule has 7 atom stereocenters. The number of fused-ring (bicyclic) bond motifs is 1. The molecule has 2 saturated heterocycles. The molecular weight excluding hydrogens is 735 g/mol. The van der Waals surface area contributed by atoms with Crippen LogP contribution in [0.3, 0.4) is 0 Å². The van der Waals surface area contributed by atoms with Crippen molar-refractivity contribution in [1.82, 2.24) is 19.7 Å². The van der Waals surface area contributed by atoms with Gasteiger partial charge in [-0.2, -0.15) is 15.4 Å². The van der Waals surface area contributed by atoms with Crippen molar-refractivity contribution in [2.45, 2.75) is 103 Å². The van der Waals surface area contributed by atoms with Crippen LogP contribution in [0.1, 0.15) is 73.1 Å². The molecule has 2 aliphatic rings. The maximum atomic E-state index is 14.7. The number of rotatable bonds is 14. The average molecular weight is 785 g/mol. The van der Waals surface area contributed by atoms with Crippen LogP contribution in [0, 0.1) is 23.2 Å². The molecular formula is C37H49N6O11P. The first-order valence-corrected chi connectivity index (χ1v) is 19.6. The Morgan fingerprint density at radius 2 is 1.71 bits per heavy atom. The van der Waals surface area contributed by atoms with Crippen LogP contribution < -0.4 is 15.3 Å². The van der Waals surface area contributed by atoms with E-state index in [1.54, 1.807) is 45.9 Å². The van der Waals surface area contributed by atoms with Gasteiger partial charge in [0.25, 0.3) is 0 Å². The Morgan fingerprint density at radius 1 is 1.04 bits per heavy atom. The Labute approximate surface area is 319 Å². The maximum absolute atomic E-state index is 14.7. The van der Waals surface area contributed by atoms with Gasteiger partial charge in [0, 0.05) is 6.42 Å². The molecule has 0 saturated carbocycles. The quantitative estimate of drug-likeness (QED) is 0.131. The zero-order valence-corrected chi connectivity index (χ0v) is 33.1. The van der Waals surface area contributed by atoms with Gasteiger partial charge in [-0.3, -0.25) is 18.9 Å². The largest absolute Gasteiger partial charge is 0.459 e. The van der Waals surface area contributed by atoms with E-state index in [9.17, 15) is 24.2 Å². The third kappa shape index (κ3) is 9.28. The van der Waals surface area contributed by atoms with Crippen LogP contribution in [-0.4, -0.2) is 82.8 Å². The SMILES string of the molecule is CC(C)C(=O)O[C@H]1[C@@H](OC(=O)C(C)C)[C@](C#N)(c2ccc3c(N)ncnn23)O[C@@H]1COP(=O)(N[C@@H](C)C(=O)O[C@H]1CCOC1)Oc1ccc(C(C)(C)C)cc1. The normalized spacial score (nSPS) is 24.3. The van der Waals surface area contributed by atoms with Gasteiger partial charge < -0.3 is 33.9 Å². The van der Waals surface area contributed by atoms with Gasteiger partial charge in [-0.15, -0.1) is 0 Å². The molecule has 0 aliphatic carbocycles. The highest BCUT2D eigenvalue weighted by Crippen LogP contribution is 2.49. The first kappa shape index (κ1) is 41.6. The molecule has 3 N–H and O–H groups in total. The predicted molar refractivity (Wildman–Crippen MR) is 196 cm³/mol. The number of hydrogen-bond donors (Lipinski definition) is 2. The van der Waals surface area contributed by atoms with Crippen molar-refractivity contribution < 1.29 is 51.7 Å². The molecule has 1 unspecified atom stereocenters. The number of carbonyl (C=O) groups is 3. The van der Waals surface area contributed by atoms with Crippen molar-refractivity contribution in [3.63, 3.8) is 0 Å². The van der Waals surface area contributed by atoms with E-state index in [0.29, 0.717) is 18.5 Å². The van der Waals surface area contributed by atoms with E-state index in [2.05, 4.69) is 21.2 Å². The molecule has 5 rings (SSSR count). The predicted octanol–water partition coefficient (Wildman–Crippen LogP) is 4.38. The van der Waals surface area contributed by atoms with Crippen LogP contribution in [0.25, 0.3) is 5.52 Å². The summed E-state index contributed by atoms with van der Waals surface area (Å²) in [5, 5.41) is 17.8. The molecule has 0 radical (unpaired) electrons. The molecule has 1 aromatic carbocycles. The fourth-order valence-corrected chi connectivity index (χ4v) is 7.41. The zero-order valence-electron chi connectivity index (χ0n) is 32.2. The van der Waals surface area contributed by atoms with E-state index in [1.807, 2.05) is 32.9 Å². The lowest BCUT2D eigenvalue weighted by atomic mass is 9.87. The van der Waals surface area contributed by atoms with E-state index in [4.69, 9.17) is 38.5 Å². The second-order valence-corrected chi connectivity index (χ2v) is 16.9. The number of ether oxygens (including phenoxy) is 5. The van der Waals surface area contributed by atoms with Crippen molar-refractivity contribution in [2.75, 3.05) is 25.6 Å². The van der Waals surface area contributed by atoms with Crippen molar-refractivity contribution in [3.05, 3.63) is 54.0 Å². The number of nitrogens with one attached hydrogen (secondary N) is 1. The van der Waals surface area contributed by atoms with Crippen LogP contribution >= 0.6 is 7.75 Å². The number of nitriles is 1. The third-order valence-corrected chi connectivity index (χ3v) is 10.7. The van der Waals surface area contributed by atoms with E-state index in [1.165, 1.54) is 23.8 Å². The van der Waals surface area contributed by atoms with E-state index in [0.717, 1.165) is 5.56 Å². The van der Waals surface area contributed by atoms with Crippen LogP contribution in [0.5, 0.6) is 5.75 Å². The molecule has 2 fully saturated rings. The Bertz CT molecular complexity index is 1950. The summed E-state index contributed by atoms with van der Waals surface area (Å²) in [6.45, 7) is 14.0. The smallest absolute Gasteiger partial charge is 0.459 e. The van der Waals surface area contributed by atoms with Crippen LogP contribution in [0.4, 0.5) is 5.82 Å². The number of hydrogen-bond acceptors (Lipinski definition) is 15. The lowest BCUT2D eigenvalue weighted by Crippen LogP contribution is -2.47. The number of nitrogens with two attached hydrogens (primary N) is 1. The summed E-state index contributed by atoms with van der Waals surface area (Å²) in [6, 6.07) is 10.8. The summed E-state index contributed by atoms with van der Waals surface area (Å²) in [4.78, 5) is 43.6. The van der Waals surface area contributed by atoms with Crippen molar-refractivity contribution in [1.29, 1.82) is 5.26 Å². The summed E-state index contributed by atoms with van der Waals surface area (Å²) >= 11 is 0. The Balaban J connectivity index is 1.53. The minimum Gasteiger partial charge on any atom is -0.459 e. The molecule has 0 amide bonds. The van der Waals surface area contributed by atoms with Gasteiger partial charge >= 0.3 is 25.7 Å². The third-order valence-electron chi connectivity index (χ3n) is 9.10. The van der Waals surface area contributed by atoms with Crippen LogP contribution in [0.15, 0.2) is 42.7 Å². The van der Waals surface area contributed by atoms with Gasteiger partial charge in [-0.25, -0.2) is 14.1 Å². The second kappa shape index (κ2) is 16.6. The van der Waals surface area contributed by atoms with Gasteiger partial charge in [0.2, 0.25) is 5.60 Å². The summed E-state index contributed by atoms with van der Waals surface area (Å²) < 4.78 is 57.1. The van der Waals surface area contributed by atoms with Crippen molar-refractivity contribution in [3.8, 4) is 11.8 Å². The van der Waals surface area contributed by atoms with Gasteiger partial charge in [0.05, 0.1) is 37.4 Å². The summed E-state index contributed by atoms with van der Waals surface area (Å²) in [7, 11) is -4.54. The van der Waals surface area contributed by atoms with Gasteiger partial charge in [-0.05, 0) is 42.2 Å². The highest BCUT2D eigenvalue weighted by atomic mass is 31.2. The molecule has 2 aromatic heterocycles. The molecule has 2 aliphatic heterocycles. The molecule has 18 heteroatoms. The number of anilines is 1. The number of esters is 3. The van der Waals surface area contributed by atoms with Crippen molar-refractivity contribution >= 4 is 37.0 Å². The number of nitrogens with zero attached hydrogens (tertiary/aromatic N) is 4. The first-order chi connectivity index (χ1) is 25.9. The number of benzene rings is 1. The Kier molecular flexibility index (Phi) is 12.6. The molecule has 0 bridgehead atoms. The molecule has 298 valence electrons. The van der Waals surface area contributed by atoms with Gasteiger partial charge in [0.1, 0.15) is 41.9 Å². The maximum Gasteiger partial charge on any atom is 0.459 e. The summed E-state index contributed by atoms with van der Waals surface area (Å²) in [5.74, 6) is -3.20. The van der Waals surface area contributed by atoms with Gasteiger partial charge in [0.15, 0.2) is 18.0 Å². The summed E-state index contributed by atoms with van der Waals surface area (Å²) in [6.07, 6.45) is -3.25. The van der Waals surface area contributed by atoms with Crippen molar-refractivity contribution in [2.24, 2.45) is 11.8 Å². The zero-order chi connectivity index (χ0) is 40.3. The standard InChI is InChI=1S/C37H49N6O11P/c1-21(2)33(44)51-30-28(53-37(19-38,31(30)52-34(45)22(3)4)29-14-13-27-32(39)40-20-41-43(27)29)18-49-55(47,42-23(5)35(46)50-26-15-16-48-17-26)54-25-11-9-24(10-12-25)36(6,7)8/h9-14,20-23,26,28,30-31H,15-18H2,1-8H3,(H,42,47)(H2,39,40,41)/t23-,26-,28+,30+,31+,37-,55?/m0/s1. The van der Waals surface area contributed by atoms with E-state index >= 15 is 0 Å². The number of aromatic nitrogens is 3. The first-order valence-electron chi connectivity index (χ1n) is 18.1. The highest BCUT2D eigenvalue weighted by Gasteiger charge is 2.63. The monoisotopic (exact) mass is 784 g/mol. The molecule has 0 spiro atoms. The molecule has 4 heterocycles.